The summed E-state index contributed by atoms with van der Waals surface area (Å²) < 4.78 is 5.32. The molecule has 2 aliphatic heterocycles. The molecule has 0 radical (unpaired) electrons. The average molecular weight is 451 g/mol. The van der Waals surface area contributed by atoms with Crippen molar-refractivity contribution in [3.05, 3.63) is 54.4 Å². The number of thioether (sulfide) groups is 1. The Morgan fingerprint density at radius 2 is 2.12 bits per heavy atom. The Balaban J connectivity index is 1.40. The number of rotatable bonds is 7. The number of amides is 2. The van der Waals surface area contributed by atoms with Crippen LogP contribution in [0.25, 0.3) is 5.57 Å². The van der Waals surface area contributed by atoms with Gasteiger partial charge in [-0.2, -0.15) is 5.26 Å². The first-order chi connectivity index (χ1) is 15.5. The Morgan fingerprint density at radius 3 is 2.81 bits per heavy atom. The zero-order chi connectivity index (χ0) is 22.5. The molecule has 3 heterocycles. The third kappa shape index (κ3) is 5.07. The molecule has 4 rings (SSSR count). The number of anilines is 1. The first-order valence-electron chi connectivity index (χ1n) is 10.1. The number of nitrogens with one attached hydrogen (secondary N) is 2. The molecule has 2 aromatic rings. The third-order valence-electron chi connectivity index (χ3n) is 5.14. The summed E-state index contributed by atoms with van der Waals surface area (Å²) in [6, 6.07) is 11.6. The molecule has 0 aliphatic carbocycles. The van der Waals surface area contributed by atoms with Crippen molar-refractivity contribution < 1.29 is 14.3 Å². The Hall–Kier alpha value is -3.42. The van der Waals surface area contributed by atoms with Gasteiger partial charge in [0.2, 0.25) is 5.91 Å². The van der Waals surface area contributed by atoms with Crippen LogP contribution in [0.3, 0.4) is 0 Å². The van der Waals surface area contributed by atoms with Crippen LogP contribution in [0.15, 0.2) is 54.0 Å². The van der Waals surface area contributed by atoms with Crippen molar-refractivity contribution in [1.82, 2.24) is 20.6 Å². The number of nitriles is 1. The van der Waals surface area contributed by atoms with Crippen LogP contribution in [-0.4, -0.2) is 59.0 Å². The van der Waals surface area contributed by atoms with E-state index in [1.807, 2.05) is 24.3 Å². The van der Waals surface area contributed by atoms with Crippen LogP contribution in [0.2, 0.25) is 0 Å². The fourth-order valence-electron chi connectivity index (χ4n) is 3.55. The van der Waals surface area contributed by atoms with Crippen LogP contribution in [0.5, 0.6) is 0 Å². The summed E-state index contributed by atoms with van der Waals surface area (Å²) in [5, 5.41) is 15.9. The van der Waals surface area contributed by atoms with Gasteiger partial charge in [0.15, 0.2) is 5.16 Å². The molecule has 1 aromatic carbocycles. The molecule has 1 saturated heterocycles. The largest absolute Gasteiger partial charge is 0.442 e. The molecule has 0 saturated carbocycles. The Labute approximate surface area is 189 Å². The maximum atomic E-state index is 12.2. The van der Waals surface area contributed by atoms with Gasteiger partial charge in [0, 0.05) is 31.5 Å². The quantitative estimate of drug-likeness (QED) is 0.485. The molecule has 3 atom stereocenters. The first-order valence-corrected chi connectivity index (χ1v) is 11.0. The summed E-state index contributed by atoms with van der Waals surface area (Å²) >= 11 is 1.33. The second-order valence-corrected chi connectivity index (χ2v) is 8.51. The number of cyclic esters (lactones) is 1. The number of carbonyl (C=O) groups excluding carboxylic acids is 2. The Morgan fingerprint density at radius 1 is 1.38 bits per heavy atom. The second-order valence-electron chi connectivity index (χ2n) is 7.40. The van der Waals surface area contributed by atoms with E-state index in [9.17, 15) is 14.9 Å². The normalized spacial score (nSPS) is 20.9. The highest BCUT2D eigenvalue weighted by molar-refractivity contribution is 8.00. The van der Waals surface area contributed by atoms with Crippen molar-refractivity contribution in [2.75, 3.05) is 24.5 Å². The van der Waals surface area contributed by atoms with E-state index in [1.165, 1.54) is 18.7 Å². The summed E-state index contributed by atoms with van der Waals surface area (Å²) in [5.74, 6) is -0.158. The van der Waals surface area contributed by atoms with Gasteiger partial charge in [0.1, 0.15) is 11.4 Å². The van der Waals surface area contributed by atoms with Crippen molar-refractivity contribution in [3.63, 3.8) is 0 Å². The molecule has 1 aromatic heterocycles. The Kier molecular flexibility index (Phi) is 6.68. The van der Waals surface area contributed by atoms with Crippen LogP contribution >= 0.6 is 11.8 Å². The lowest BCUT2D eigenvalue weighted by atomic mass is 10.1. The first kappa shape index (κ1) is 21.8. The maximum Gasteiger partial charge on any atom is 0.414 e. The molecule has 0 bridgehead atoms. The predicted molar refractivity (Wildman–Crippen MR) is 120 cm³/mol. The van der Waals surface area contributed by atoms with Gasteiger partial charge in [-0.25, -0.2) is 14.8 Å². The predicted octanol–water partition coefficient (Wildman–Crippen LogP) is 1.98. The topological polar surface area (TPSA) is 120 Å². The lowest BCUT2D eigenvalue weighted by Gasteiger charge is -2.14. The number of benzene rings is 1. The van der Waals surface area contributed by atoms with E-state index in [2.05, 4.69) is 32.7 Å². The van der Waals surface area contributed by atoms with Gasteiger partial charge < -0.3 is 15.4 Å². The molecule has 1 fully saturated rings. The molecule has 2 aliphatic rings. The lowest BCUT2D eigenvalue weighted by Crippen LogP contribution is -2.33. The minimum atomic E-state index is -0.424. The van der Waals surface area contributed by atoms with Gasteiger partial charge in [-0.05, 0) is 29.3 Å². The minimum absolute atomic E-state index is 0.119. The highest BCUT2D eigenvalue weighted by Crippen LogP contribution is 2.29. The standard InChI is InChI=1S/C22H22N6O3S/c1-14(29)26-12-18-13-28(22(30)31-18)17-5-3-15(4-6-17)16-9-19(27-11-16)20(10-23)32-21-24-7-2-8-25-21/h2-9,18-20,27H,11-13H2,1H3,(H,26,29)/t18-,19-,20?/m0/s1. The van der Waals surface area contributed by atoms with E-state index >= 15 is 0 Å². The number of ether oxygens (including phenoxy) is 1. The summed E-state index contributed by atoms with van der Waals surface area (Å²) in [6.45, 7) is 2.75. The maximum absolute atomic E-state index is 12.2. The third-order valence-corrected chi connectivity index (χ3v) is 6.21. The van der Waals surface area contributed by atoms with Crippen LogP contribution in [-0.2, 0) is 9.53 Å². The fourth-order valence-corrected chi connectivity index (χ4v) is 4.39. The molecular formula is C22H22N6O3S. The number of nitrogens with zero attached hydrogens (tertiary/aromatic N) is 4. The van der Waals surface area contributed by atoms with Gasteiger partial charge in [-0.3, -0.25) is 9.69 Å². The van der Waals surface area contributed by atoms with Crippen molar-refractivity contribution in [3.8, 4) is 6.07 Å². The Bertz CT molecular complexity index is 1050. The van der Waals surface area contributed by atoms with Gasteiger partial charge in [-0.15, -0.1) is 0 Å². The van der Waals surface area contributed by atoms with Gasteiger partial charge in [-0.1, -0.05) is 30.0 Å². The highest BCUT2D eigenvalue weighted by atomic mass is 32.2. The van der Waals surface area contributed by atoms with Gasteiger partial charge in [0.05, 0.1) is 25.2 Å². The van der Waals surface area contributed by atoms with Crippen LogP contribution in [0.4, 0.5) is 10.5 Å². The monoisotopic (exact) mass is 450 g/mol. The number of hydrogen-bond donors (Lipinski definition) is 2. The van der Waals surface area contributed by atoms with Crippen LogP contribution < -0.4 is 15.5 Å². The molecule has 9 nitrogen and oxygen atoms in total. The van der Waals surface area contributed by atoms with Crippen molar-refractivity contribution in [2.45, 2.75) is 29.5 Å². The smallest absolute Gasteiger partial charge is 0.414 e. The second kappa shape index (κ2) is 9.80. The summed E-state index contributed by atoms with van der Waals surface area (Å²) in [7, 11) is 0. The molecule has 2 amide bonds. The molecule has 10 heteroatoms. The van der Waals surface area contributed by atoms with Crippen LogP contribution in [0, 0.1) is 11.3 Å². The number of aromatic nitrogens is 2. The van der Waals surface area contributed by atoms with E-state index in [-0.39, 0.29) is 23.3 Å². The highest BCUT2D eigenvalue weighted by Gasteiger charge is 2.32. The van der Waals surface area contributed by atoms with Crippen molar-refractivity contribution >= 4 is 35.0 Å². The number of carbonyl (C=O) groups is 2. The SMILES string of the molecule is CC(=O)NC[C@H]1CN(c2ccc(C3=C[C@@H](C(C#N)Sc4ncccn4)NC3)cc2)C(=O)O1. The van der Waals surface area contributed by atoms with Gasteiger partial charge >= 0.3 is 6.09 Å². The van der Waals surface area contributed by atoms with Crippen molar-refractivity contribution in [1.29, 1.82) is 5.26 Å². The van der Waals surface area contributed by atoms with Gasteiger partial charge in [0.25, 0.3) is 0 Å². The molecule has 2 N–H and O–H groups in total. The van der Waals surface area contributed by atoms with E-state index in [0.29, 0.717) is 24.8 Å². The molecule has 1 unspecified atom stereocenters. The van der Waals surface area contributed by atoms with Crippen LogP contribution in [0.1, 0.15) is 12.5 Å². The average Bonchev–Trinajstić information content (AvgIpc) is 3.44. The molecular weight excluding hydrogens is 428 g/mol. The minimum Gasteiger partial charge on any atom is -0.442 e. The number of hydrogen-bond acceptors (Lipinski definition) is 8. The zero-order valence-electron chi connectivity index (χ0n) is 17.4. The zero-order valence-corrected chi connectivity index (χ0v) is 18.2. The summed E-state index contributed by atoms with van der Waals surface area (Å²) in [6.07, 6.45) is 4.58. The molecule has 32 heavy (non-hydrogen) atoms. The molecule has 164 valence electrons. The van der Waals surface area contributed by atoms with E-state index in [1.54, 1.807) is 23.4 Å². The van der Waals surface area contributed by atoms with E-state index in [0.717, 1.165) is 16.8 Å². The summed E-state index contributed by atoms with van der Waals surface area (Å²) in [4.78, 5) is 33.2. The summed E-state index contributed by atoms with van der Waals surface area (Å²) in [5.41, 5.74) is 2.84. The molecule has 0 spiro atoms. The van der Waals surface area contributed by atoms with Crippen molar-refractivity contribution in [2.24, 2.45) is 0 Å². The van der Waals surface area contributed by atoms with E-state index in [4.69, 9.17) is 4.74 Å². The lowest BCUT2D eigenvalue weighted by molar-refractivity contribution is -0.119. The fraction of sp³-hybridized carbons (Fsp3) is 0.318. The van der Waals surface area contributed by atoms with E-state index < -0.39 is 6.09 Å².